The van der Waals surface area contributed by atoms with Gasteiger partial charge in [0.25, 0.3) is 0 Å². The summed E-state index contributed by atoms with van der Waals surface area (Å²) >= 11 is 0. The first-order valence-corrected chi connectivity index (χ1v) is 9.53. The van der Waals surface area contributed by atoms with E-state index >= 15 is 0 Å². The molecule has 28 heavy (non-hydrogen) atoms. The summed E-state index contributed by atoms with van der Waals surface area (Å²) in [6, 6.07) is 5.97. The van der Waals surface area contributed by atoms with Gasteiger partial charge in [-0.25, -0.2) is 0 Å². The van der Waals surface area contributed by atoms with Crippen molar-refractivity contribution in [1.82, 2.24) is 15.1 Å². The highest BCUT2D eigenvalue weighted by atomic mass is 19.4. The van der Waals surface area contributed by atoms with Gasteiger partial charge in [-0.3, -0.25) is 9.48 Å². The molecule has 1 N–H and O–H groups in total. The SMILES string of the molecule is O=C1CC(c2cnn(Cc3ccc(OC(F)(F)F)cc3)c2)NC2CCCCC12. The zero-order chi connectivity index (χ0) is 19.7. The molecule has 1 aliphatic heterocycles. The Morgan fingerprint density at radius 2 is 1.93 bits per heavy atom. The first-order chi connectivity index (χ1) is 13.4. The zero-order valence-corrected chi connectivity index (χ0v) is 15.3. The second-order valence-corrected chi connectivity index (χ2v) is 7.55. The molecule has 0 radical (unpaired) electrons. The Bertz CT molecular complexity index is 832. The number of aromatic nitrogens is 2. The molecule has 4 rings (SSSR count). The molecule has 0 spiro atoms. The number of rotatable bonds is 4. The van der Waals surface area contributed by atoms with Gasteiger partial charge >= 0.3 is 6.36 Å². The highest BCUT2D eigenvalue weighted by molar-refractivity contribution is 5.83. The normalized spacial score (nSPS) is 25.4. The number of nitrogens with zero attached hydrogens (tertiary/aromatic N) is 2. The van der Waals surface area contributed by atoms with E-state index in [-0.39, 0.29) is 23.8 Å². The number of halogens is 3. The molecule has 1 aromatic heterocycles. The minimum Gasteiger partial charge on any atom is -0.406 e. The zero-order valence-electron chi connectivity index (χ0n) is 15.3. The Hall–Kier alpha value is -2.35. The summed E-state index contributed by atoms with van der Waals surface area (Å²) in [7, 11) is 0. The maximum Gasteiger partial charge on any atom is 0.573 e. The lowest BCUT2D eigenvalue weighted by molar-refractivity contribution is -0.274. The fourth-order valence-electron chi connectivity index (χ4n) is 4.23. The summed E-state index contributed by atoms with van der Waals surface area (Å²) in [6.07, 6.45) is 3.75. The van der Waals surface area contributed by atoms with Gasteiger partial charge in [-0.2, -0.15) is 5.10 Å². The van der Waals surface area contributed by atoms with Crippen molar-refractivity contribution in [3.05, 3.63) is 47.8 Å². The maximum atomic E-state index is 12.5. The van der Waals surface area contributed by atoms with Crippen LogP contribution in [0.15, 0.2) is 36.7 Å². The molecule has 5 nitrogen and oxygen atoms in total. The third kappa shape index (κ3) is 4.38. The number of piperidine rings is 1. The van der Waals surface area contributed by atoms with Crippen molar-refractivity contribution in [2.45, 2.75) is 57.1 Å². The topological polar surface area (TPSA) is 56.2 Å². The van der Waals surface area contributed by atoms with Crippen molar-refractivity contribution in [3.63, 3.8) is 0 Å². The third-order valence-corrected chi connectivity index (χ3v) is 5.56. The molecule has 2 aromatic rings. The van der Waals surface area contributed by atoms with E-state index in [9.17, 15) is 18.0 Å². The van der Waals surface area contributed by atoms with Crippen molar-refractivity contribution in [3.8, 4) is 5.75 Å². The molecule has 2 heterocycles. The van der Waals surface area contributed by atoms with E-state index in [2.05, 4.69) is 15.2 Å². The van der Waals surface area contributed by atoms with Crippen LogP contribution < -0.4 is 10.1 Å². The molecule has 0 bridgehead atoms. The second-order valence-electron chi connectivity index (χ2n) is 7.55. The minimum atomic E-state index is -4.69. The van der Waals surface area contributed by atoms with Crippen LogP contribution in [0.3, 0.4) is 0 Å². The fraction of sp³-hybridized carbons (Fsp3) is 0.500. The van der Waals surface area contributed by atoms with Crippen LogP contribution in [0.4, 0.5) is 13.2 Å². The van der Waals surface area contributed by atoms with Crippen LogP contribution in [-0.4, -0.2) is 28.0 Å². The highest BCUT2D eigenvalue weighted by Crippen LogP contribution is 2.34. The summed E-state index contributed by atoms with van der Waals surface area (Å²) < 4.78 is 42.3. The van der Waals surface area contributed by atoms with Crippen LogP contribution in [0, 0.1) is 5.92 Å². The van der Waals surface area contributed by atoms with E-state index in [1.165, 1.54) is 12.1 Å². The number of Topliss-reactive ketones (excluding diaryl/α,β-unsaturated/α-hetero) is 1. The number of hydrogen-bond acceptors (Lipinski definition) is 4. The summed E-state index contributed by atoms with van der Waals surface area (Å²) in [5.41, 5.74) is 1.78. The van der Waals surface area contributed by atoms with Gasteiger partial charge in [0.15, 0.2) is 0 Å². The lowest BCUT2D eigenvalue weighted by Crippen LogP contribution is -2.49. The standard InChI is InChI=1S/C20H22F3N3O2/c21-20(22,23)28-15-7-5-13(6-8-15)11-26-12-14(10-24-26)18-9-19(27)16-3-1-2-4-17(16)25-18/h5-8,10,12,16-18,25H,1-4,9,11H2. The molecule has 1 aromatic carbocycles. The van der Waals surface area contributed by atoms with Gasteiger partial charge in [-0.1, -0.05) is 25.0 Å². The van der Waals surface area contributed by atoms with Crippen molar-refractivity contribution >= 4 is 5.78 Å². The number of nitrogens with one attached hydrogen (secondary N) is 1. The van der Waals surface area contributed by atoms with Gasteiger partial charge in [0.05, 0.1) is 12.7 Å². The van der Waals surface area contributed by atoms with E-state index in [4.69, 9.17) is 0 Å². The lowest BCUT2D eigenvalue weighted by atomic mass is 9.76. The number of alkyl halides is 3. The Morgan fingerprint density at radius 1 is 1.18 bits per heavy atom. The summed E-state index contributed by atoms with van der Waals surface area (Å²) in [5, 5.41) is 7.96. The van der Waals surface area contributed by atoms with Crippen LogP contribution in [0.25, 0.3) is 0 Å². The molecule has 1 saturated heterocycles. The van der Waals surface area contributed by atoms with Crippen molar-refractivity contribution in [2.24, 2.45) is 5.92 Å². The molecule has 1 saturated carbocycles. The molecule has 150 valence electrons. The molecule has 0 amide bonds. The number of fused-ring (bicyclic) bond motifs is 1. The van der Waals surface area contributed by atoms with Gasteiger partial charge < -0.3 is 10.1 Å². The van der Waals surface area contributed by atoms with Crippen molar-refractivity contribution in [2.75, 3.05) is 0 Å². The van der Waals surface area contributed by atoms with Crippen LogP contribution in [0.2, 0.25) is 0 Å². The molecular weight excluding hydrogens is 371 g/mol. The monoisotopic (exact) mass is 393 g/mol. The molecule has 2 fully saturated rings. The van der Waals surface area contributed by atoms with Gasteiger partial charge in [0.1, 0.15) is 11.5 Å². The van der Waals surface area contributed by atoms with E-state index in [1.54, 1.807) is 23.0 Å². The van der Waals surface area contributed by atoms with Crippen molar-refractivity contribution in [1.29, 1.82) is 0 Å². The number of benzene rings is 1. The molecule has 3 atom stereocenters. The van der Waals surface area contributed by atoms with Crippen LogP contribution in [0.5, 0.6) is 5.75 Å². The van der Waals surface area contributed by atoms with Crippen LogP contribution >= 0.6 is 0 Å². The van der Waals surface area contributed by atoms with E-state index < -0.39 is 6.36 Å². The van der Waals surface area contributed by atoms with Crippen LogP contribution in [-0.2, 0) is 11.3 Å². The van der Waals surface area contributed by atoms with Crippen molar-refractivity contribution < 1.29 is 22.7 Å². The molecule has 8 heteroatoms. The Morgan fingerprint density at radius 3 is 2.68 bits per heavy atom. The maximum absolute atomic E-state index is 12.5. The number of hydrogen-bond donors (Lipinski definition) is 1. The first kappa shape index (κ1) is 19.0. The first-order valence-electron chi connectivity index (χ1n) is 9.53. The van der Waals surface area contributed by atoms with Gasteiger partial charge in [0, 0.05) is 36.2 Å². The number of carbonyl (C=O) groups excluding carboxylic acids is 1. The number of ether oxygens (including phenoxy) is 1. The summed E-state index contributed by atoms with van der Waals surface area (Å²) in [6.45, 7) is 0.430. The Labute approximate surface area is 160 Å². The Kier molecular flexibility index (Phi) is 5.14. The summed E-state index contributed by atoms with van der Waals surface area (Å²) in [5.74, 6) is 0.239. The van der Waals surface area contributed by atoms with E-state index in [1.807, 2.05) is 6.20 Å². The molecule has 3 unspecified atom stereocenters. The van der Waals surface area contributed by atoms with E-state index in [0.29, 0.717) is 18.7 Å². The lowest BCUT2D eigenvalue weighted by Gasteiger charge is -2.39. The largest absolute Gasteiger partial charge is 0.573 e. The average Bonchev–Trinajstić information content (AvgIpc) is 3.11. The van der Waals surface area contributed by atoms with Gasteiger partial charge in [-0.05, 0) is 30.5 Å². The third-order valence-electron chi connectivity index (χ3n) is 5.56. The average molecular weight is 393 g/mol. The molecular formula is C20H22F3N3O2. The minimum absolute atomic E-state index is 0.0249. The smallest absolute Gasteiger partial charge is 0.406 e. The quantitative estimate of drug-likeness (QED) is 0.853. The summed E-state index contributed by atoms with van der Waals surface area (Å²) in [4.78, 5) is 12.5. The van der Waals surface area contributed by atoms with Gasteiger partial charge in [0.2, 0.25) is 0 Å². The molecule has 1 aliphatic carbocycles. The second kappa shape index (κ2) is 7.58. The number of carbonyl (C=O) groups is 1. The predicted molar refractivity (Wildman–Crippen MR) is 95.7 cm³/mol. The fourth-order valence-corrected chi connectivity index (χ4v) is 4.23. The van der Waals surface area contributed by atoms with Crippen LogP contribution in [0.1, 0.15) is 49.3 Å². The predicted octanol–water partition coefficient (Wildman–Crippen LogP) is 3.99. The number of ketones is 1. The highest BCUT2D eigenvalue weighted by Gasteiger charge is 2.38. The Balaban J connectivity index is 1.40. The molecule has 2 aliphatic rings. The van der Waals surface area contributed by atoms with E-state index in [0.717, 1.165) is 36.8 Å². The van der Waals surface area contributed by atoms with Gasteiger partial charge in [-0.15, -0.1) is 13.2 Å².